The number of hydrogen-bond donors (Lipinski definition) is 4. The molecule has 130 valence electrons. The summed E-state index contributed by atoms with van der Waals surface area (Å²) in [6.45, 7) is 0. The minimum atomic E-state index is -3.76. The Kier molecular flexibility index (Phi) is 4.56. The Hall–Kier alpha value is -2.33. The monoisotopic (exact) mass is 398 g/mol. The zero-order valence-corrected chi connectivity index (χ0v) is 14.8. The second-order valence-corrected chi connectivity index (χ2v) is 7.43. The second-order valence-electron chi connectivity index (χ2n) is 5.05. The van der Waals surface area contributed by atoms with Gasteiger partial charge in [0.15, 0.2) is 0 Å². The van der Waals surface area contributed by atoms with Crippen molar-refractivity contribution in [3.63, 3.8) is 0 Å². The summed E-state index contributed by atoms with van der Waals surface area (Å²) in [5.74, 6) is 0.446. The van der Waals surface area contributed by atoms with Crippen LogP contribution in [0.5, 0.6) is 0 Å². The van der Waals surface area contributed by atoms with E-state index < -0.39 is 10.0 Å². The van der Waals surface area contributed by atoms with Gasteiger partial charge in [0.1, 0.15) is 0 Å². The van der Waals surface area contributed by atoms with Crippen LogP contribution in [0.1, 0.15) is 0 Å². The molecule has 0 fully saturated rings. The predicted molar refractivity (Wildman–Crippen MR) is 97.3 cm³/mol. The van der Waals surface area contributed by atoms with Crippen molar-refractivity contribution in [3.05, 3.63) is 46.4 Å². The Labute approximate surface area is 153 Å². The van der Waals surface area contributed by atoms with Gasteiger partial charge in [0, 0.05) is 11.3 Å². The van der Waals surface area contributed by atoms with Crippen LogP contribution in [0.3, 0.4) is 0 Å². The molecule has 0 saturated carbocycles. The van der Waals surface area contributed by atoms with E-state index >= 15 is 0 Å². The zero-order valence-electron chi connectivity index (χ0n) is 12.5. The SMILES string of the molecule is Nc1nc(Nc2cc(Cl)c(-c3ccc(S(N)(=O)=O)cc3)c(Cl)c2)n[nH]1. The van der Waals surface area contributed by atoms with Crippen LogP contribution < -0.4 is 16.2 Å². The first-order valence-electron chi connectivity index (χ1n) is 6.81. The predicted octanol–water partition coefficient (Wildman–Crippen LogP) is 2.75. The van der Waals surface area contributed by atoms with E-state index in [-0.39, 0.29) is 16.8 Å². The van der Waals surface area contributed by atoms with E-state index in [4.69, 9.17) is 34.1 Å². The summed E-state index contributed by atoms with van der Waals surface area (Å²) in [7, 11) is -3.76. The lowest BCUT2D eigenvalue weighted by molar-refractivity contribution is 0.598. The van der Waals surface area contributed by atoms with Crippen LogP contribution in [-0.2, 0) is 10.0 Å². The molecule has 0 bridgehead atoms. The van der Waals surface area contributed by atoms with Gasteiger partial charge in [0.25, 0.3) is 0 Å². The molecule has 0 atom stereocenters. The lowest BCUT2D eigenvalue weighted by atomic mass is 10.1. The summed E-state index contributed by atoms with van der Waals surface area (Å²) in [5, 5.41) is 15.1. The number of nitrogens with two attached hydrogens (primary N) is 2. The first kappa shape index (κ1) is 17.5. The number of aromatic nitrogens is 3. The number of primary sulfonamides is 1. The molecule has 2 aromatic carbocycles. The van der Waals surface area contributed by atoms with Crippen molar-refractivity contribution in [2.24, 2.45) is 5.14 Å². The number of nitrogens with one attached hydrogen (secondary N) is 2. The van der Waals surface area contributed by atoms with E-state index in [0.29, 0.717) is 26.9 Å². The topological polar surface area (TPSA) is 140 Å². The van der Waals surface area contributed by atoms with Gasteiger partial charge in [-0.15, -0.1) is 5.10 Å². The third-order valence-electron chi connectivity index (χ3n) is 3.27. The highest BCUT2D eigenvalue weighted by Gasteiger charge is 2.13. The molecule has 3 rings (SSSR count). The van der Waals surface area contributed by atoms with Gasteiger partial charge in [-0.1, -0.05) is 35.3 Å². The Morgan fingerprint density at radius 2 is 1.68 bits per heavy atom. The normalized spacial score (nSPS) is 11.5. The molecule has 0 aliphatic rings. The number of nitrogens with zero attached hydrogens (tertiary/aromatic N) is 2. The zero-order chi connectivity index (χ0) is 18.2. The van der Waals surface area contributed by atoms with E-state index in [1.165, 1.54) is 12.1 Å². The number of hydrogen-bond acceptors (Lipinski definition) is 6. The number of benzene rings is 2. The van der Waals surface area contributed by atoms with Gasteiger partial charge in [0.05, 0.1) is 14.9 Å². The van der Waals surface area contributed by atoms with Crippen molar-refractivity contribution in [3.8, 4) is 11.1 Å². The highest BCUT2D eigenvalue weighted by molar-refractivity contribution is 7.89. The summed E-state index contributed by atoms with van der Waals surface area (Å²) in [6, 6.07) is 9.22. The van der Waals surface area contributed by atoms with Gasteiger partial charge in [0.2, 0.25) is 21.9 Å². The number of aromatic amines is 1. The first-order chi connectivity index (χ1) is 11.7. The van der Waals surface area contributed by atoms with Crippen LogP contribution in [0.2, 0.25) is 10.0 Å². The van der Waals surface area contributed by atoms with Gasteiger partial charge in [-0.05, 0) is 29.8 Å². The first-order valence-corrected chi connectivity index (χ1v) is 9.11. The fourth-order valence-electron chi connectivity index (χ4n) is 2.19. The minimum absolute atomic E-state index is 0.00368. The average molecular weight is 399 g/mol. The van der Waals surface area contributed by atoms with Crippen LogP contribution in [0, 0.1) is 0 Å². The fraction of sp³-hybridized carbons (Fsp3) is 0. The smallest absolute Gasteiger partial charge is 0.248 e. The average Bonchev–Trinajstić information content (AvgIpc) is 2.91. The lowest BCUT2D eigenvalue weighted by Crippen LogP contribution is -2.11. The molecule has 0 saturated heterocycles. The lowest BCUT2D eigenvalue weighted by Gasteiger charge is -2.11. The quantitative estimate of drug-likeness (QED) is 0.532. The van der Waals surface area contributed by atoms with Gasteiger partial charge >= 0.3 is 0 Å². The molecular formula is C14H12Cl2N6O2S. The van der Waals surface area contributed by atoms with Crippen molar-refractivity contribution < 1.29 is 8.42 Å². The van der Waals surface area contributed by atoms with Gasteiger partial charge < -0.3 is 11.1 Å². The summed E-state index contributed by atoms with van der Waals surface area (Å²) in [4.78, 5) is 3.93. The molecule has 0 aliphatic heterocycles. The number of halogens is 2. The maximum absolute atomic E-state index is 11.3. The van der Waals surface area contributed by atoms with Crippen molar-refractivity contribution in [2.75, 3.05) is 11.1 Å². The molecule has 0 spiro atoms. The largest absolute Gasteiger partial charge is 0.368 e. The number of nitrogen functional groups attached to an aromatic ring is 1. The van der Waals surface area contributed by atoms with E-state index in [9.17, 15) is 8.42 Å². The summed E-state index contributed by atoms with van der Waals surface area (Å²) < 4.78 is 22.7. The molecule has 1 aromatic heterocycles. The maximum atomic E-state index is 11.3. The second kappa shape index (κ2) is 6.52. The molecule has 25 heavy (non-hydrogen) atoms. The highest BCUT2D eigenvalue weighted by Crippen LogP contribution is 2.38. The molecule has 3 aromatic rings. The summed E-state index contributed by atoms with van der Waals surface area (Å²) in [5.41, 5.74) is 7.24. The summed E-state index contributed by atoms with van der Waals surface area (Å²) in [6.07, 6.45) is 0. The Morgan fingerprint density at radius 1 is 1.08 bits per heavy atom. The Balaban J connectivity index is 1.95. The molecule has 0 amide bonds. The molecule has 8 nitrogen and oxygen atoms in total. The number of rotatable bonds is 4. The highest BCUT2D eigenvalue weighted by atomic mass is 35.5. The molecular weight excluding hydrogens is 387 g/mol. The van der Waals surface area contributed by atoms with E-state index in [0.717, 1.165) is 0 Å². The van der Waals surface area contributed by atoms with E-state index in [2.05, 4.69) is 20.5 Å². The van der Waals surface area contributed by atoms with Crippen molar-refractivity contribution in [1.29, 1.82) is 0 Å². The van der Waals surface area contributed by atoms with E-state index in [1.54, 1.807) is 24.3 Å². The third kappa shape index (κ3) is 3.85. The number of H-pyrrole nitrogens is 1. The molecule has 0 aliphatic carbocycles. The van der Waals surface area contributed by atoms with Crippen molar-refractivity contribution in [1.82, 2.24) is 15.2 Å². The Morgan fingerprint density at radius 3 is 2.16 bits per heavy atom. The molecule has 0 radical (unpaired) electrons. The molecule has 0 unspecified atom stereocenters. The standard InChI is InChI=1S/C14H12Cl2N6O2S/c15-10-5-8(19-14-20-13(17)21-22-14)6-11(16)12(10)7-1-3-9(4-2-7)25(18,23)24/h1-6H,(H2,18,23,24)(H4,17,19,20,21,22). The van der Waals surface area contributed by atoms with E-state index in [1.807, 2.05) is 0 Å². The minimum Gasteiger partial charge on any atom is -0.368 e. The van der Waals surface area contributed by atoms with Crippen LogP contribution in [-0.4, -0.2) is 23.6 Å². The summed E-state index contributed by atoms with van der Waals surface area (Å²) >= 11 is 12.7. The Bertz CT molecular complexity index is 1010. The van der Waals surface area contributed by atoms with Crippen LogP contribution in [0.4, 0.5) is 17.6 Å². The third-order valence-corrected chi connectivity index (χ3v) is 4.80. The molecule has 11 heteroatoms. The number of anilines is 3. The van der Waals surface area contributed by atoms with Gasteiger partial charge in [-0.2, -0.15) is 4.98 Å². The van der Waals surface area contributed by atoms with Crippen LogP contribution >= 0.6 is 23.2 Å². The number of sulfonamides is 1. The fourth-order valence-corrected chi connectivity index (χ4v) is 3.41. The molecule has 1 heterocycles. The van der Waals surface area contributed by atoms with Gasteiger partial charge in [-0.25, -0.2) is 18.7 Å². The van der Waals surface area contributed by atoms with Crippen LogP contribution in [0.15, 0.2) is 41.3 Å². The maximum Gasteiger partial charge on any atom is 0.248 e. The van der Waals surface area contributed by atoms with Crippen molar-refractivity contribution in [2.45, 2.75) is 4.90 Å². The van der Waals surface area contributed by atoms with Crippen LogP contribution in [0.25, 0.3) is 11.1 Å². The van der Waals surface area contributed by atoms with Crippen molar-refractivity contribution >= 4 is 50.8 Å². The van der Waals surface area contributed by atoms with Gasteiger partial charge in [-0.3, -0.25) is 0 Å². The molecule has 6 N–H and O–H groups in total.